The molecule has 1 aromatic heterocycles. The van der Waals surface area contributed by atoms with Crippen LogP contribution in [-0.2, 0) is 13.1 Å². The standard InChI is InChI=1S/C21H29BrN4O/c1-4-23-21(25(3)16-18-11-5-6-12-19(18)22)24-14-7-8-15-26-17(2)10-9-13-20(26)27/h5-6,9-13H,4,7-8,14-16H2,1-3H3,(H,23,24). The number of pyridine rings is 1. The van der Waals surface area contributed by atoms with Crippen LogP contribution in [0.4, 0.5) is 0 Å². The van der Waals surface area contributed by atoms with Gasteiger partial charge in [-0.05, 0) is 44.4 Å². The molecule has 1 heterocycles. The molecule has 27 heavy (non-hydrogen) atoms. The molecular weight excluding hydrogens is 404 g/mol. The Hall–Kier alpha value is -2.08. The molecule has 0 fully saturated rings. The summed E-state index contributed by atoms with van der Waals surface area (Å²) in [5, 5.41) is 3.35. The molecule has 0 bridgehead atoms. The first kappa shape index (κ1) is 21.2. The number of guanidine groups is 1. The van der Waals surface area contributed by atoms with E-state index in [-0.39, 0.29) is 5.56 Å². The van der Waals surface area contributed by atoms with Gasteiger partial charge in [0, 0.05) is 49.5 Å². The minimum atomic E-state index is 0.0695. The van der Waals surface area contributed by atoms with Crippen LogP contribution in [0.3, 0.4) is 0 Å². The Bertz CT molecular complexity index is 816. The van der Waals surface area contributed by atoms with Gasteiger partial charge >= 0.3 is 0 Å². The molecule has 0 aliphatic carbocycles. The summed E-state index contributed by atoms with van der Waals surface area (Å²) in [6, 6.07) is 13.6. The van der Waals surface area contributed by atoms with Crippen LogP contribution in [0, 0.1) is 6.92 Å². The summed E-state index contributed by atoms with van der Waals surface area (Å²) < 4.78 is 2.94. The Morgan fingerprint density at radius 1 is 1.19 bits per heavy atom. The molecule has 0 aliphatic rings. The molecule has 2 aromatic rings. The zero-order valence-electron chi connectivity index (χ0n) is 16.4. The molecule has 0 spiro atoms. The number of unbranched alkanes of at least 4 members (excludes halogenated alkanes) is 1. The van der Waals surface area contributed by atoms with Gasteiger partial charge in [-0.1, -0.05) is 40.2 Å². The number of aryl methyl sites for hydroxylation is 1. The summed E-state index contributed by atoms with van der Waals surface area (Å²) >= 11 is 3.61. The Morgan fingerprint density at radius 3 is 2.67 bits per heavy atom. The molecule has 0 radical (unpaired) electrons. The number of nitrogens with zero attached hydrogens (tertiary/aromatic N) is 3. The molecule has 2 rings (SSSR count). The summed E-state index contributed by atoms with van der Waals surface area (Å²) in [5.41, 5.74) is 2.30. The summed E-state index contributed by atoms with van der Waals surface area (Å²) in [6.45, 7) is 7.14. The average Bonchev–Trinajstić information content (AvgIpc) is 2.64. The maximum Gasteiger partial charge on any atom is 0.250 e. The predicted octanol–water partition coefficient (Wildman–Crippen LogP) is 3.80. The Morgan fingerprint density at radius 2 is 1.96 bits per heavy atom. The van der Waals surface area contributed by atoms with Crippen LogP contribution >= 0.6 is 15.9 Å². The average molecular weight is 433 g/mol. The maximum absolute atomic E-state index is 11.9. The van der Waals surface area contributed by atoms with Gasteiger partial charge in [0.05, 0.1) is 0 Å². The monoisotopic (exact) mass is 432 g/mol. The topological polar surface area (TPSA) is 49.6 Å². The number of benzene rings is 1. The smallest absolute Gasteiger partial charge is 0.250 e. The SMILES string of the molecule is CCNC(=NCCCCn1c(C)cccc1=O)N(C)Cc1ccccc1Br. The lowest BCUT2D eigenvalue weighted by Gasteiger charge is -2.22. The summed E-state index contributed by atoms with van der Waals surface area (Å²) in [4.78, 5) is 18.8. The van der Waals surface area contributed by atoms with Crippen LogP contribution in [0.25, 0.3) is 0 Å². The molecule has 0 saturated heterocycles. The van der Waals surface area contributed by atoms with Crippen LogP contribution < -0.4 is 10.9 Å². The number of halogens is 1. The normalized spacial score (nSPS) is 11.5. The maximum atomic E-state index is 11.9. The third-order valence-corrected chi connectivity index (χ3v) is 5.15. The second-order valence-corrected chi connectivity index (χ2v) is 7.40. The lowest BCUT2D eigenvalue weighted by Crippen LogP contribution is -2.38. The second-order valence-electron chi connectivity index (χ2n) is 6.55. The minimum Gasteiger partial charge on any atom is -0.357 e. The molecule has 6 heteroatoms. The van der Waals surface area contributed by atoms with Crippen LogP contribution in [-0.4, -0.2) is 35.6 Å². The van der Waals surface area contributed by atoms with Crippen molar-refractivity contribution in [3.05, 3.63) is 68.5 Å². The molecule has 146 valence electrons. The van der Waals surface area contributed by atoms with Crippen LogP contribution in [0.15, 0.2) is 56.7 Å². The fourth-order valence-corrected chi connectivity index (χ4v) is 3.31. The lowest BCUT2D eigenvalue weighted by atomic mass is 10.2. The molecule has 0 amide bonds. The van der Waals surface area contributed by atoms with Crippen molar-refractivity contribution >= 4 is 21.9 Å². The van der Waals surface area contributed by atoms with E-state index < -0.39 is 0 Å². The number of hydrogen-bond acceptors (Lipinski definition) is 2. The van der Waals surface area contributed by atoms with Gasteiger partial charge < -0.3 is 14.8 Å². The van der Waals surface area contributed by atoms with Crippen molar-refractivity contribution in [2.24, 2.45) is 4.99 Å². The third-order valence-electron chi connectivity index (χ3n) is 4.38. The highest BCUT2D eigenvalue weighted by atomic mass is 79.9. The van der Waals surface area contributed by atoms with E-state index in [9.17, 15) is 4.79 Å². The van der Waals surface area contributed by atoms with Gasteiger partial charge in [0.1, 0.15) is 0 Å². The molecule has 0 saturated carbocycles. The fourth-order valence-electron chi connectivity index (χ4n) is 2.90. The number of aromatic nitrogens is 1. The van der Waals surface area contributed by atoms with Gasteiger partial charge in [-0.25, -0.2) is 0 Å². The van der Waals surface area contributed by atoms with Crippen LogP contribution in [0.2, 0.25) is 0 Å². The van der Waals surface area contributed by atoms with Crippen molar-refractivity contribution in [1.29, 1.82) is 0 Å². The molecule has 1 aromatic carbocycles. The van der Waals surface area contributed by atoms with Crippen molar-refractivity contribution in [3.8, 4) is 0 Å². The van der Waals surface area contributed by atoms with E-state index in [0.717, 1.165) is 55.1 Å². The highest BCUT2D eigenvalue weighted by Crippen LogP contribution is 2.17. The zero-order chi connectivity index (χ0) is 19.6. The van der Waals surface area contributed by atoms with Gasteiger partial charge in [-0.3, -0.25) is 9.79 Å². The highest BCUT2D eigenvalue weighted by Gasteiger charge is 2.08. The van der Waals surface area contributed by atoms with Gasteiger partial charge in [-0.15, -0.1) is 0 Å². The van der Waals surface area contributed by atoms with Gasteiger partial charge in [0.15, 0.2) is 5.96 Å². The summed E-state index contributed by atoms with van der Waals surface area (Å²) in [5.74, 6) is 0.904. The Balaban J connectivity index is 1.89. The molecular formula is C21H29BrN4O. The van der Waals surface area contributed by atoms with E-state index in [0.29, 0.717) is 0 Å². The van der Waals surface area contributed by atoms with E-state index in [1.54, 1.807) is 6.07 Å². The van der Waals surface area contributed by atoms with E-state index >= 15 is 0 Å². The first-order valence-electron chi connectivity index (χ1n) is 9.42. The van der Waals surface area contributed by atoms with E-state index in [4.69, 9.17) is 4.99 Å². The number of aliphatic imine (C=N–C) groups is 1. The van der Waals surface area contributed by atoms with E-state index in [1.165, 1.54) is 5.56 Å². The van der Waals surface area contributed by atoms with Gasteiger partial charge in [0.2, 0.25) is 0 Å². The quantitative estimate of drug-likeness (QED) is 0.392. The van der Waals surface area contributed by atoms with Crippen molar-refractivity contribution in [1.82, 2.24) is 14.8 Å². The molecule has 0 unspecified atom stereocenters. The lowest BCUT2D eigenvalue weighted by molar-refractivity contribution is 0.474. The van der Waals surface area contributed by atoms with Crippen molar-refractivity contribution < 1.29 is 0 Å². The first-order valence-corrected chi connectivity index (χ1v) is 10.2. The largest absolute Gasteiger partial charge is 0.357 e. The minimum absolute atomic E-state index is 0.0695. The molecule has 1 N–H and O–H groups in total. The fraction of sp³-hybridized carbons (Fsp3) is 0.429. The van der Waals surface area contributed by atoms with Gasteiger partial charge in [0.25, 0.3) is 5.56 Å². The van der Waals surface area contributed by atoms with Crippen molar-refractivity contribution in [3.63, 3.8) is 0 Å². The highest BCUT2D eigenvalue weighted by molar-refractivity contribution is 9.10. The van der Waals surface area contributed by atoms with Crippen LogP contribution in [0.1, 0.15) is 31.0 Å². The Kier molecular flexibility index (Phi) is 8.58. The van der Waals surface area contributed by atoms with E-state index in [2.05, 4.69) is 45.2 Å². The molecule has 0 atom stereocenters. The summed E-state index contributed by atoms with van der Waals surface area (Å²) in [7, 11) is 2.05. The number of hydrogen-bond donors (Lipinski definition) is 1. The first-order chi connectivity index (χ1) is 13.0. The summed E-state index contributed by atoms with van der Waals surface area (Å²) in [6.07, 6.45) is 1.88. The third kappa shape index (κ3) is 6.54. The second kappa shape index (κ2) is 10.9. The number of rotatable bonds is 8. The number of nitrogens with one attached hydrogen (secondary N) is 1. The predicted molar refractivity (Wildman–Crippen MR) is 116 cm³/mol. The molecule has 5 nitrogen and oxygen atoms in total. The van der Waals surface area contributed by atoms with E-state index in [1.807, 2.05) is 42.8 Å². The van der Waals surface area contributed by atoms with Crippen molar-refractivity contribution in [2.75, 3.05) is 20.1 Å². The van der Waals surface area contributed by atoms with Gasteiger partial charge in [-0.2, -0.15) is 0 Å². The molecule has 0 aliphatic heterocycles. The Labute approximate surface area is 170 Å². The van der Waals surface area contributed by atoms with Crippen molar-refractivity contribution in [2.45, 2.75) is 39.8 Å². The zero-order valence-corrected chi connectivity index (χ0v) is 18.0. The van der Waals surface area contributed by atoms with Crippen LogP contribution in [0.5, 0.6) is 0 Å².